The number of aliphatic imine (C=N–C) groups is 2. The number of carbonyl (C=O) groups is 1. The van der Waals surface area contributed by atoms with E-state index in [0.717, 1.165) is 16.8 Å². The van der Waals surface area contributed by atoms with Crippen LogP contribution in [0.25, 0.3) is 5.57 Å². The number of nitrogens with two attached hydrogens (primary N) is 1. The summed E-state index contributed by atoms with van der Waals surface area (Å²) in [4.78, 5) is 19.5. The van der Waals surface area contributed by atoms with Crippen molar-refractivity contribution in [2.45, 2.75) is 13.8 Å². The van der Waals surface area contributed by atoms with Crippen LogP contribution in [0.2, 0.25) is 0 Å². The summed E-state index contributed by atoms with van der Waals surface area (Å²) in [6, 6.07) is 7.63. The number of nitrogens with zero attached hydrogens (tertiary/aromatic N) is 2. The molecule has 116 valence electrons. The van der Waals surface area contributed by atoms with Crippen LogP contribution in [-0.2, 0) is 4.79 Å². The number of hydrogen-bond donors (Lipinski definition) is 2. The van der Waals surface area contributed by atoms with E-state index >= 15 is 0 Å². The molecular weight excluding hydrogens is 276 g/mol. The largest absolute Gasteiger partial charge is 0.404 e. The first-order valence-corrected chi connectivity index (χ1v) is 7.07. The normalized spacial score (nSPS) is 12.5. The molecule has 0 aromatic heterocycles. The fourth-order valence-electron chi connectivity index (χ4n) is 1.70. The second-order valence-corrected chi connectivity index (χ2v) is 4.55. The van der Waals surface area contributed by atoms with Gasteiger partial charge in [0.2, 0.25) is 0 Å². The predicted octanol–water partition coefficient (Wildman–Crippen LogP) is 2.66. The standard InChI is InChI=1S/C17H22N4O/c1-4-17(19-5-2)21-12-15(10-18)14-7-6-8-16(9-14)20-11-13(3)22/h4,6-10,12,20H,1,5,11,18H2,2-3H3. The van der Waals surface area contributed by atoms with Crippen molar-refractivity contribution in [3.8, 4) is 0 Å². The smallest absolute Gasteiger partial charge is 0.148 e. The zero-order chi connectivity index (χ0) is 16.4. The molecule has 0 bridgehead atoms. The highest BCUT2D eigenvalue weighted by molar-refractivity contribution is 6.14. The number of rotatable bonds is 7. The number of ketones is 1. The Kier molecular flexibility index (Phi) is 7.33. The van der Waals surface area contributed by atoms with Gasteiger partial charge in [0, 0.05) is 30.2 Å². The van der Waals surface area contributed by atoms with Crippen LogP contribution in [0.4, 0.5) is 5.69 Å². The van der Waals surface area contributed by atoms with Crippen molar-refractivity contribution >= 4 is 29.1 Å². The maximum absolute atomic E-state index is 11.0. The minimum Gasteiger partial charge on any atom is -0.404 e. The maximum Gasteiger partial charge on any atom is 0.148 e. The van der Waals surface area contributed by atoms with Crippen LogP contribution in [0, 0.1) is 0 Å². The molecule has 3 N–H and O–H groups in total. The molecule has 0 aliphatic carbocycles. The Bertz CT molecular complexity index is 615. The molecule has 0 atom stereocenters. The van der Waals surface area contributed by atoms with Crippen molar-refractivity contribution in [1.29, 1.82) is 0 Å². The minimum atomic E-state index is 0.0768. The van der Waals surface area contributed by atoms with E-state index in [1.54, 1.807) is 19.2 Å². The SMILES string of the molecule is C=CC(N=CC(=CN)c1cccc(NCC(C)=O)c1)=NCC. The molecule has 0 unspecified atom stereocenters. The molecule has 1 aromatic rings. The number of nitrogens with one attached hydrogen (secondary N) is 1. The fourth-order valence-corrected chi connectivity index (χ4v) is 1.70. The van der Waals surface area contributed by atoms with Crippen molar-refractivity contribution in [3.05, 3.63) is 48.7 Å². The van der Waals surface area contributed by atoms with E-state index in [9.17, 15) is 4.79 Å². The van der Waals surface area contributed by atoms with Crippen molar-refractivity contribution < 1.29 is 4.79 Å². The molecule has 0 fully saturated rings. The average Bonchev–Trinajstić information content (AvgIpc) is 2.53. The predicted molar refractivity (Wildman–Crippen MR) is 94.4 cm³/mol. The summed E-state index contributed by atoms with van der Waals surface area (Å²) in [7, 11) is 0. The van der Waals surface area contributed by atoms with Gasteiger partial charge >= 0.3 is 0 Å². The molecule has 0 heterocycles. The maximum atomic E-state index is 11.0. The molecular formula is C17H22N4O. The van der Waals surface area contributed by atoms with Crippen LogP contribution in [-0.4, -0.2) is 30.9 Å². The summed E-state index contributed by atoms with van der Waals surface area (Å²) in [6.07, 6.45) is 4.74. The molecule has 0 radical (unpaired) electrons. The van der Waals surface area contributed by atoms with Crippen LogP contribution >= 0.6 is 0 Å². The Hall–Kier alpha value is -2.69. The Morgan fingerprint density at radius 2 is 2.23 bits per heavy atom. The van der Waals surface area contributed by atoms with E-state index in [2.05, 4.69) is 21.9 Å². The molecule has 0 aliphatic heterocycles. The van der Waals surface area contributed by atoms with Crippen molar-refractivity contribution in [2.75, 3.05) is 18.4 Å². The van der Waals surface area contributed by atoms with Crippen LogP contribution in [0.15, 0.2) is 53.1 Å². The number of hydrogen-bond acceptors (Lipinski definition) is 4. The molecule has 0 saturated carbocycles. The first-order valence-electron chi connectivity index (χ1n) is 7.07. The summed E-state index contributed by atoms with van der Waals surface area (Å²) in [6.45, 7) is 8.09. The highest BCUT2D eigenvalue weighted by atomic mass is 16.1. The lowest BCUT2D eigenvalue weighted by molar-refractivity contribution is -0.115. The monoisotopic (exact) mass is 298 g/mol. The summed E-state index contributed by atoms with van der Waals surface area (Å²) >= 11 is 0. The lowest BCUT2D eigenvalue weighted by Gasteiger charge is -2.07. The molecule has 0 amide bonds. The second kappa shape index (κ2) is 9.28. The third-order valence-corrected chi connectivity index (χ3v) is 2.76. The molecule has 22 heavy (non-hydrogen) atoms. The van der Waals surface area contributed by atoms with Gasteiger partial charge < -0.3 is 11.1 Å². The number of carbonyl (C=O) groups excluding carboxylic acids is 1. The summed E-state index contributed by atoms with van der Waals surface area (Å²) in [5.41, 5.74) is 8.20. The van der Waals surface area contributed by atoms with E-state index < -0.39 is 0 Å². The molecule has 5 heteroatoms. The third kappa shape index (κ3) is 5.75. The van der Waals surface area contributed by atoms with Crippen LogP contribution in [0.3, 0.4) is 0 Å². The Balaban J connectivity index is 2.94. The van der Waals surface area contributed by atoms with Crippen molar-refractivity contribution in [2.24, 2.45) is 15.7 Å². The summed E-state index contributed by atoms with van der Waals surface area (Å²) < 4.78 is 0. The molecule has 1 aromatic carbocycles. The van der Waals surface area contributed by atoms with Gasteiger partial charge in [-0.2, -0.15) is 0 Å². The fraction of sp³-hybridized carbons (Fsp3) is 0.235. The number of allylic oxidation sites excluding steroid dienone is 1. The second-order valence-electron chi connectivity index (χ2n) is 4.55. The molecule has 0 aliphatic rings. The van der Waals surface area contributed by atoms with E-state index in [-0.39, 0.29) is 5.78 Å². The molecule has 0 spiro atoms. The van der Waals surface area contributed by atoms with Crippen molar-refractivity contribution in [3.63, 3.8) is 0 Å². The average molecular weight is 298 g/mol. The highest BCUT2D eigenvalue weighted by Crippen LogP contribution is 2.17. The lowest BCUT2D eigenvalue weighted by atomic mass is 10.1. The molecule has 0 saturated heterocycles. The molecule has 5 nitrogen and oxygen atoms in total. The van der Waals surface area contributed by atoms with Gasteiger partial charge in [-0.3, -0.25) is 9.79 Å². The van der Waals surface area contributed by atoms with Gasteiger partial charge in [0.15, 0.2) is 0 Å². The van der Waals surface area contributed by atoms with E-state index in [4.69, 9.17) is 5.73 Å². The van der Waals surface area contributed by atoms with Crippen LogP contribution in [0.1, 0.15) is 19.4 Å². The Labute approximate surface area is 131 Å². The Morgan fingerprint density at radius 3 is 2.82 bits per heavy atom. The van der Waals surface area contributed by atoms with Gasteiger partial charge in [0.1, 0.15) is 11.6 Å². The minimum absolute atomic E-state index is 0.0768. The topological polar surface area (TPSA) is 79.8 Å². The van der Waals surface area contributed by atoms with Crippen molar-refractivity contribution in [1.82, 2.24) is 0 Å². The zero-order valence-corrected chi connectivity index (χ0v) is 13.0. The highest BCUT2D eigenvalue weighted by Gasteiger charge is 2.01. The zero-order valence-electron chi connectivity index (χ0n) is 13.0. The number of Topliss-reactive ketones (excluding diaryl/α,β-unsaturated/α-hetero) is 1. The number of anilines is 1. The van der Waals surface area contributed by atoms with Gasteiger partial charge in [-0.05, 0) is 37.6 Å². The number of amidine groups is 1. The summed E-state index contributed by atoms with van der Waals surface area (Å²) in [5, 5.41) is 3.06. The first-order chi connectivity index (χ1) is 10.6. The third-order valence-electron chi connectivity index (χ3n) is 2.76. The van der Waals surface area contributed by atoms with Gasteiger partial charge in [-0.1, -0.05) is 18.7 Å². The van der Waals surface area contributed by atoms with Gasteiger partial charge in [-0.25, -0.2) is 4.99 Å². The molecule has 1 rings (SSSR count). The van der Waals surface area contributed by atoms with E-state index in [1.165, 1.54) is 6.20 Å². The summed E-state index contributed by atoms with van der Waals surface area (Å²) in [5.74, 6) is 0.640. The van der Waals surface area contributed by atoms with E-state index in [1.807, 2.05) is 31.2 Å². The number of benzene rings is 1. The van der Waals surface area contributed by atoms with E-state index in [0.29, 0.717) is 18.9 Å². The van der Waals surface area contributed by atoms with Gasteiger partial charge in [0.05, 0.1) is 6.54 Å². The quantitative estimate of drug-likeness (QED) is 0.600. The van der Waals surface area contributed by atoms with Gasteiger partial charge in [-0.15, -0.1) is 0 Å². The van der Waals surface area contributed by atoms with Gasteiger partial charge in [0.25, 0.3) is 0 Å². The lowest BCUT2D eigenvalue weighted by Crippen LogP contribution is -2.09. The van der Waals surface area contributed by atoms with Crippen LogP contribution < -0.4 is 11.1 Å². The Morgan fingerprint density at radius 1 is 1.45 bits per heavy atom. The van der Waals surface area contributed by atoms with Crippen LogP contribution in [0.5, 0.6) is 0 Å². The first kappa shape index (κ1) is 17.4.